The number of allylic oxidation sites excluding steroid dienone is 2. The molecule has 1 saturated heterocycles. The maximum absolute atomic E-state index is 11.9. The van der Waals surface area contributed by atoms with Crippen LogP contribution < -0.4 is 67.3 Å². The number of hydrogen-bond donors (Lipinski definition) is 1. The van der Waals surface area contributed by atoms with Crippen molar-refractivity contribution in [1.82, 2.24) is 15.1 Å². The monoisotopic (exact) mass is 343 g/mol. The summed E-state index contributed by atoms with van der Waals surface area (Å²) in [7, 11) is 1.82. The van der Waals surface area contributed by atoms with Crippen LogP contribution in [0.5, 0.6) is 0 Å². The van der Waals surface area contributed by atoms with E-state index >= 15 is 0 Å². The molecular formula is C17H26KN3O2. The molecule has 0 radical (unpaired) electrons. The molecule has 6 heteroatoms. The molecule has 2 rings (SSSR count). The van der Waals surface area contributed by atoms with Gasteiger partial charge in [-0.1, -0.05) is 32.6 Å². The number of carbonyl (C=O) groups is 2. The normalized spacial score (nSPS) is 17.7. The van der Waals surface area contributed by atoms with Gasteiger partial charge < -0.3 is 7.43 Å². The number of imide groups is 1. The topological polar surface area (TPSA) is 64.0 Å². The molecule has 1 aliphatic heterocycles. The van der Waals surface area contributed by atoms with Crippen molar-refractivity contribution >= 4 is 24.5 Å². The summed E-state index contributed by atoms with van der Waals surface area (Å²) in [5, 5.41) is 8.35. The van der Waals surface area contributed by atoms with Gasteiger partial charge in [-0.05, 0) is 19.4 Å². The van der Waals surface area contributed by atoms with E-state index in [1.54, 1.807) is 4.68 Å². The molecule has 23 heavy (non-hydrogen) atoms. The maximum atomic E-state index is 11.9. The van der Waals surface area contributed by atoms with E-state index in [0.29, 0.717) is 18.5 Å². The van der Waals surface area contributed by atoms with Gasteiger partial charge in [0.15, 0.2) is 0 Å². The van der Waals surface area contributed by atoms with Crippen molar-refractivity contribution in [2.45, 2.75) is 39.5 Å². The number of aryl methyl sites for hydroxylation is 1. The number of rotatable bonds is 2. The van der Waals surface area contributed by atoms with E-state index < -0.39 is 0 Å². The SMILES string of the molecule is C=c1c(C2CCC(=O)NC2=O)nn(C)/c1=C/C=C\C.CC.[CH3-].[K+]. The molecule has 0 aliphatic carbocycles. The van der Waals surface area contributed by atoms with Gasteiger partial charge >= 0.3 is 51.4 Å². The molecule has 1 aromatic rings. The van der Waals surface area contributed by atoms with E-state index in [4.69, 9.17) is 0 Å². The van der Waals surface area contributed by atoms with Crippen LogP contribution in [0.1, 0.15) is 45.2 Å². The van der Waals surface area contributed by atoms with E-state index in [1.807, 2.05) is 46.0 Å². The van der Waals surface area contributed by atoms with Crippen LogP contribution >= 0.6 is 0 Å². The fourth-order valence-electron chi connectivity index (χ4n) is 2.23. The standard InChI is InChI=1S/C14H17N3O2.C2H6.CH3.K/c1-4-5-6-11-9(2)13(16-17(11)3)10-7-8-12(18)15-14(10)19;1-2;;/h4-6,10H,2,7-8H2,1,3H3,(H,15,18,19);1-2H3;1H3;/q;;-1;+1/b5-4-,11-6+;;;. The number of hydrogen-bond acceptors (Lipinski definition) is 3. The molecule has 0 aromatic carbocycles. The molecule has 2 heterocycles. The maximum Gasteiger partial charge on any atom is 1.00 e. The first kappa shape index (κ1) is 24.7. The minimum atomic E-state index is -0.385. The molecule has 5 nitrogen and oxygen atoms in total. The van der Waals surface area contributed by atoms with Crippen LogP contribution in [0.2, 0.25) is 0 Å². The van der Waals surface area contributed by atoms with Crippen molar-refractivity contribution in [2.24, 2.45) is 7.05 Å². The summed E-state index contributed by atoms with van der Waals surface area (Å²) < 4.78 is 1.71. The quantitative estimate of drug-likeness (QED) is 0.391. The van der Waals surface area contributed by atoms with Gasteiger partial charge in [-0.15, -0.1) is 0 Å². The third-order valence-electron chi connectivity index (χ3n) is 3.24. The number of piperidine rings is 1. The Balaban J connectivity index is 0. The molecule has 0 bridgehead atoms. The third kappa shape index (κ3) is 6.12. The predicted molar refractivity (Wildman–Crippen MR) is 90.1 cm³/mol. The number of carbonyl (C=O) groups excluding carboxylic acids is 2. The van der Waals surface area contributed by atoms with Gasteiger partial charge in [0.25, 0.3) is 0 Å². The Morgan fingerprint density at radius 1 is 1.35 bits per heavy atom. The van der Waals surface area contributed by atoms with E-state index in [-0.39, 0.29) is 76.5 Å². The average Bonchev–Trinajstić information content (AvgIpc) is 2.74. The van der Waals surface area contributed by atoms with Crippen molar-refractivity contribution in [3.8, 4) is 0 Å². The fourth-order valence-corrected chi connectivity index (χ4v) is 2.23. The number of nitrogens with zero attached hydrogens (tertiary/aromatic N) is 2. The molecular weight excluding hydrogens is 317 g/mol. The van der Waals surface area contributed by atoms with Crippen molar-refractivity contribution in [1.29, 1.82) is 0 Å². The van der Waals surface area contributed by atoms with E-state index in [1.165, 1.54) is 0 Å². The van der Waals surface area contributed by atoms with E-state index in [2.05, 4.69) is 17.0 Å². The Labute approximate surface area is 181 Å². The van der Waals surface area contributed by atoms with Crippen LogP contribution in [0.4, 0.5) is 0 Å². The van der Waals surface area contributed by atoms with E-state index in [9.17, 15) is 9.59 Å². The summed E-state index contributed by atoms with van der Waals surface area (Å²) in [6, 6.07) is 0. The predicted octanol–water partition coefficient (Wildman–Crippen LogP) is -1.81. The summed E-state index contributed by atoms with van der Waals surface area (Å²) in [4.78, 5) is 23.0. The molecule has 1 unspecified atom stereocenters. The first-order valence-corrected chi connectivity index (χ1v) is 7.23. The Kier molecular flexibility index (Phi) is 12.8. The van der Waals surface area contributed by atoms with Crippen LogP contribution in [0.3, 0.4) is 0 Å². The second-order valence-corrected chi connectivity index (χ2v) is 4.57. The van der Waals surface area contributed by atoms with Gasteiger partial charge in [-0.25, -0.2) is 0 Å². The van der Waals surface area contributed by atoms with Crippen LogP contribution in [0.25, 0.3) is 12.7 Å². The molecule has 1 aliphatic rings. The molecule has 1 N–H and O–H groups in total. The van der Waals surface area contributed by atoms with Crippen molar-refractivity contribution in [3.05, 3.63) is 35.8 Å². The Morgan fingerprint density at radius 3 is 2.48 bits per heavy atom. The Morgan fingerprint density at radius 2 is 1.96 bits per heavy atom. The second-order valence-electron chi connectivity index (χ2n) is 4.57. The molecule has 1 atom stereocenters. The first-order chi connectivity index (χ1) is 10.0. The zero-order valence-electron chi connectivity index (χ0n) is 15.1. The molecule has 0 saturated carbocycles. The third-order valence-corrected chi connectivity index (χ3v) is 3.24. The van der Waals surface area contributed by atoms with Crippen molar-refractivity contribution in [3.63, 3.8) is 0 Å². The molecule has 2 amide bonds. The molecule has 0 spiro atoms. The van der Waals surface area contributed by atoms with E-state index in [0.717, 1.165) is 10.6 Å². The summed E-state index contributed by atoms with van der Waals surface area (Å²) in [6.45, 7) is 9.94. The molecule has 1 fully saturated rings. The second kappa shape index (κ2) is 11.9. The number of amides is 2. The Bertz CT molecular complexity index is 662. The largest absolute Gasteiger partial charge is 1.00 e. The number of nitrogens with one attached hydrogen (secondary N) is 1. The van der Waals surface area contributed by atoms with Crippen molar-refractivity contribution < 1.29 is 61.0 Å². The van der Waals surface area contributed by atoms with Gasteiger partial charge in [0.1, 0.15) is 0 Å². The van der Waals surface area contributed by atoms with Gasteiger partial charge in [0.2, 0.25) is 11.8 Å². The zero-order valence-corrected chi connectivity index (χ0v) is 18.3. The minimum absolute atomic E-state index is 0. The zero-order chi connectivity index (χ0) is 16.0. The summed E-state index contributed by atoms with van der Waals surface area (Å²) in [5.41, 5.74) is 0.656. The van der Waals surface area contributed by atoms with Gasteiger partial charge in [0.05, 0.1) is 17.0 Å². The van der Waals surface area contributed by atoms with Crippen LogP contribution in [-0.2, 0) is 16.6 Å². The van der Waals surface area contributed by atoms with Gasteiger partial charge in [-0.3, -0.25) is 19.6 Å². The van der Waals surface area contributed by atoms with Gasteiger partial charge in [0, 0.05) is 18.7 Å². The first-order valence-electron chi connectivity index (χ1n) is 7.23. The summed E-state index contributed by atoms with van der Waals surface area (Å²) >= 11 is 0. The summed E-state index contributed by atoms with van der Waals surface area (Å²) in [5.74, 6) is -0.885. The van der Waals surface area contributed by atoms with Crippen LogP contribution in [0, 0.1) is 7.43 Å². The molecule has 122 valence electrons. The fraction of sp³-hybridized carbons (Fsp3) is 0.412. The smallest absolute Gasteiger partial charge is 0.358 e. The molecule has 1 aromatic heterocycles. The summed E-state index contributed by atoms with van der Waals surface area (Å²) in [6.07, 6.45) is 6.57. The van der Waals surface area contributed by atoms with Crippen molar-refractivity contribution in [2.75, 3.05) is 0 Å². The van der Waals surface area contributed by atoms with Gasteiger partial charge in [-0.2, -0.15) is 5.10 Å². The number of aromatic nitrogens is 2. The van der Waals surface area contributed by atoms with Crippen LogP contribution in [-0.4, -0.2) is 21.6 Å². The Hall–Kier alpha value is -0.534. The van der Waals surface area contributed by atoms with Crippen LogP contribution in [0.15, 0.2) is 12.2 Å². The minimum Gasteiger partial charge on any atom is -0.358 e. The average molecular weight is 344 g/mol.